The van der Waals surface area contributed by atoms with Gasteiger partial charge >= 0.3 is 11.9 Å². The van der Waals surface area contributed by atoms with Crippen LogP contribution in [0.15, 0.2) is 29.1 Å². The van der Waals surface area contributed by atoms with Gasteiger partial charge in [0.2, 0.25) is 0 Å². The third-order valence-corrected chi connectivity index (χ3v) is 5.86. The van der Waals surface area contributed by atoms with Crippen LogP contribution < -0.4 is 10.3 Å². The van der Waals surface area contributed by atoms with Gasteiger partial charge in [0.05, 0.1) is 17.6 Å². The van der Waals surface area contributed by atoms with Gasteiger partial charge in [-0.3, -0.25) is 9.36 Å². The molecule has 0 saturated heterocycles. The van der Waals surface area contributed by atoms with Crippen LogP contribution in [-0.4, -0.2) is 38.3 Å². The summed E-state index contributed by atoms with van der Waals surface area (Å²) in [6.45, 7) is 6.21. The first-order valence-corrected chi connectivity index (χ1v) is 10.3. The zero-order valence-corrected chi connectivity index (χ0v) is 17.7. The molecule has 0 radical (unpaired) electrons. The van der Waals surface area contributed by atoms with Crippen molar-refractivity contribution in [3.8, 4) is 5.75 Å². The van der Waals surface area contributed by atoms with Gasteiger partial charge in [-0.15, -0.1) is 11.3 Å². The molecule has 0 fully saturated rings. The predicted molar refractivity (Wildman–Crippen MR) is 113 cm³/mol. The largest absolute Gasteiger partial charge is 0.494 e. The van der Waals surface area contributed by atoms with E-state index in [0.717, 1.165) is 11.3 Å². The second-order valence-corrected chi connectivity index (χ2v) is 8.15. The first kappa shape index (κ1) is 21.5. The summed E-state index contributed by atoms with van der Waals surface area (Å²) >= 11 is 1.02. The molecule has 8 nitrogen and oxygen atoms in total. The first-order valence-electron chi connectivity index (χ1n) is 9.44. The summed E-state index contributed by atoms with van der Waals surface area (Å²) < 4.78 is 7.24. The minimum atomic E-state index is -1.06. The Labute approximate surface area is 176 Å². The Hall–Kier alpha value is -3.20. The number of hydrogen-bond donors (Lipinski definition) is 2. The Morgan fingerprint density at radius 1 is 1.17 bits per heavy atom. The van der Waals surface area contributed by atoms with Crippen LogP contribution in [0.3, 0.4) is 0 Å². The van der Waals surface area contributed by atoms with Crippen molar-refractivity contribution in [2.75, 3.05) is 6.61 Å². The molecule has 0 aliphatic rings. The van der Waals surface area contributed by atoms with Crippen LogP contribution >= 0.6 is 11.3 Å². The summed E-state index contributed by atoms with van der Waals surface area (Å²) in [7, 11) is 0. The van der Waals surface area contributed by atoms with Gasteiger partial charge in [-0.2, -0.15) is 0 Å². The second kappa shape index (κ2) is 8.66. The number of hydrogen-bond acceptors (Lipinski definition) is 6. The molecule has 0 unspecified atom stereocenters. The zero-order valence-electron chi connectivity index (χ0n) is 16.8. The fraction of sp³-hybridized carbons (Fsp3) is 0.333. The molecule has 158 valence electrons. The summed E-state index contributed by atoms with van der Waals surface area (Å²) in [6, 6.07) is 6.11. The molecular formula is C21H22N2O6S. The smallest absolute Gasteiger partial charge is 0.346 e. The second-order valence-electron chi connectivity index (χ2n) is 7.15. The number of aromatic nitrogens is 2. The highest BCUT2D eigenvalue weighted by atomic mass is 32.1. The molecule has 0 spiro atoms. The molecule has 2 N–H and O–H groups in total. The van der Waals surface area contributed by atoms with Gasteiger partial charge in [-0.05, 0) is 43.2 Å². The lowest BCUT2D eigenvalue weighted by molar-refractivity contribution is 0.0688. The Balaban J connectivity index is 1.80. The van der Waals surface area contributed by atoms with E-state index in [4.69, 9.17) is 9.84 Å². The number of rotatable bonds is 8. The van der Waals surface area contributed by atoms with Crippen molar-refractivity contribution in [2.45, 2.75) is 39.7 Å². The van der Waals surface area contributed by atoms with Crippen LogP contribution in [0.2, 0.25) is 0 Å². The average molecular weight is 430 g/mol. The maximum Gasteiger partial charge on any atom is 0.346 e. The van der Waals surface area contributed by atoms with Crippen molar-refractivity contribution in [3.63, 3.8) is 0 Å². The highest BCUT2D eigenvalue weighted by Gasteiger charge is 2.22. The van der Waals surface area contributed by atoms with Crippen molar-refractivity contribution < 1.29 is 24.5 Å². The van der Waals surface area contributed by atoms with Gasteiger partial charge in [0.1, 0.15) is 21.3 Å². The van der Waals surface area contributed by atoms with Gasteiger partial charge in [0.15, 0.2) is 0 Å². The highest BCUT2D eigenvalue weighted by Crippen LogP contribution is 2.28. The number of aryl methyl sites for hydroxylation is 1. The fourth-order valence-electron chi connectivity index (χ4n) is 3.20. The lowest BCUT2D eigenvalue weighted by atomic mass is 10.1. The number of aromatic carboxylic acids is 2. The van der Waals surface area contributed by atoms with Gasteiger partial charge < -0.3 is 14.9 Å². The van der Waals surface area contributed by atoms with E-state index in [1.165, 1.54) is 12.1 Å². The molecule has 3 aromatic rings. The average Bonchev–Trinajstić information content (AvgIpc) is 3.03. The van der Waals surface area contributed by atoms with Crippen LogP contribution in [0.25, 0.3) is 10.2 Å². The molecule has 0 amide bonds. The summed E-state index contributed by atoms with van der Waals surface area (Å²) in [5.74, 6) is -0.918. The van der Waals surface area contributed by atoms with Crippen LogP contribution in [0.4, 0.5) is 0 Å². The normalized spacial score (nSPS) is 11.2. The summed E-state index contributed by atoms with van der Waals surface area (Å²) in [6.07, 6.45) is 0.530. The van der Waals surface area contributed by atoms with Crippen LogP contribution in [0.1, 0.15) is 57.6 Å². The van der Waals surface area contributed by atoms with E-state index >= 15 is 0 Å². The van der Waals surface area contributed by atoms with Gasteiger partial charge in [-0.25, -0.2) is 14.6 Å². The summed E-state index contributed by atoms with van der Waals surface area (Å²) in [5, 5.41) is 18.6. The lowest BCUT2D eigenvalue weighted by Crippen LogP contribution is -2.27. The molecule has 3 rings (SSSR count). The Kier molecular flexibility index (Phi) is 6.21. The van der Waals surface area contributed by atoms with Crippen molar-refractivity contribution >= 4 is 33.5 Å². The third-order valence-electron chi connectivity index (χ3n) is 4.69. The van der Waals surface area contributed by atoms with Crippen molar-refractivity contribution in [2.24, 2.45) is 0 Å². The maximum atomic E-state index is 13.1. The number of benzene rings is 1. The number of carboxylic acid groups (broad SMARTS) is 2. The topological polar surface area (TPSA) is 119 Å². The van der Waals surface area contributed by atoms with E-state index in [2.05, 4.69) is 4.98 Å². The standard InChI is InChI=1S/C21H22N2O6S/c1-11(2)17-22-18-15(12(3)16(30-18)21(27)28)19(24)23(17)9-4-10-29-14-7-5-13(6-8-14)20(25)26/h5-8,11H,4,9-10H2,1-3H3,(H,25,26)(H,27,28). The van der Waals surface area contributed by atoms with Crippen LogP contribution in [0, 0.1) is 6.92 Å². The SMILES string of the molecule is Cc1c(C(=O)O)sc2nc(C(C)C)n(CCCOc3ccc(C(=O)O)cc3)c(=O)c12. The molecule has 9 heteroatoms. The van der Waals surface area contributed by atoms with E-state index in [9.17, 15) is 19.5 Å². The number of thiophene rings is 1. The Bertz CT molecular complexity index is 1160. The summed E-state index contributed by atoms with van der Waals surface area (Å²) in [4.78, 5) is 40.6. The number of carbonyl (C=O) groups is 2. The van der Waals surface area contributed by atoms with Crippen LogP contribution in [-0.2, 0) is 6.54 Å². The van der Waals surface area contributed by atoms with E-state index in [1.807, 2.05) is 13.8 Å². The minimum absolute atomic E-state index is 0.0118. The maximum absolute atomic E-state index is 13.1. The number of nitrogens with zero attached hydrogens (tertiary/aromatic N) is 2. The van der Waals surface area contributed by atoms with Gasteiger partial charge in [0.25, 0.3) is 5.56 Å². The minimum Gasteiger partial charge on any atom is -0.494 e. The van der Waals surface area contributed by atoms with E-state index < -0.39 is 11.9 Å². The highest BCUT2D eigenvalue weighted by molar-refractivity contribution is 7.20. The fourth-order valence-corrected chi connectivity index (χ4v) is 4.22. The van der Waals surface area contributed by atoms with Crippen molar-refractivity contribution in [3.05, 3.63) is 56.4 Å². The molecule has 0 aliphatic heterocycles. The number of fused-ring (bicyclic) bond motifs is 1. The molecule has 0 aliphatic carbocycles. The zero-order chi connectivity index (χ0) is 22.0. The molecule has 1 aromatic carbocycles. The molecule has 0 atom stereocenters. The third kappa shape index (κ3) is 4.20. The molecule has 0 saturated carbocycles. The molecule has 2 heterocycles. The predicted octanol–water partition coefficient (Wildman–Crippen LogP) is 3.76. The van der Waals surface area contributed by atoms with Crippen molar-refractivity contribution in [1.82, 2.24) is 9.55 Å². The Morgan fingerprint density at radius 3 is 2.40 bits per heavy atom. The first-order chi connectivity index (χ1) is 14.2. The van der Waals surface area contributed by atoms with Crippen LogP contribution in [0.5, 0.6) is 5.75 Å². The number of carboxylic acids is 2. The number of ether oxygens (including phenoxy) is 1. The van der Waals surface area contributed by atoms with Crippen molar-refractivity contribution in [1.29, 1.82) is 0 Å². The molecule has 0 bridgehead atoms. The molecule has 30 heavy (non-hydrogen) atoms. The monoisotopic (exact) mass is 430 g/mol. The molecular weight excluding hydrogens is 408 g/mol. The lowest BCUT2D eigenvalue weighted by Gasteiger charge is -2.15. The van der Waals surface area contributed by atoms with Gasteiger partial charge in [-0.1, -0.05) is 13.8 Å². The van der Waals surface area contributed by atoms with E-state index in [1.54, 1.807) is 23.6 Å². The Morgan fingerprint density at radius 2 is 1.83 bits per heavy atom. The quantitative estimate of drug-likeness (QED) is 0.522. The van der Waals surface area contributed by atoms with E-state index in [0.29, 0.717) is 46.9 Å². The summed E-state index contributed by atoms with van der Waals surface area (Å²) in [5.41, 5.74) is 0.385. The van der Waals surface area contributed by atoms with E-state index in [-0.39, 0.29) is 21.9 Å². The molecule has 2 aromatic heterocycles. The van der Waals surface area contributed by atoms with Gasteiger partial charge in [0, 0.05) is 12.5 Å².